The number of rotatable bonds is 2. The van der Waals surface area contributed by atoms with Gasteiger partial charge in [0.15, 0.2) is 0 Å². The SMILES string of the molecule is CN1C(=O)c2ccc(C(=O)Nc3ccccc3Cl)cc2C1=O. The van der Waals surface area contributed by atoms with Gasteiger partial charge in [0.25, 0.3) is 17.7 Å². The van der Waals surface area contributed by atoms with Gasteiger partial charge in [-0.25, -0.2) is 0 Å². The third kappa shape index (κ3) is 2.25. The van der Waals surface area contributed by atoms with Crippen LogP contribution in [0.5, 0.6) is 0 Å². The van der Waals surface area contributed by atoms with Gasteiger partial charge in [0.2, 0.25) is 0 Å². The molecule has 22 heavy (non-hydrogen) atoms. The summed E-state index contributed by atoms with van der Waals surface area (Å²) in [4.78, 5) is 37.0. The standard InChI is InChI=1S/C16H11ClN2O3/c1-19-15(21)10-7-6-9(8-11(10)16(19)22)14(20)18-13-5-3-2-4-12(13)17/h2-8H,1H3,(H,18,20). The number of para-hydroxylation sites is 1. The van der Waals surface area contributed by atoms with Gasteiger partial charge in [0.1, 0.15) is 0 Å². The predicted molar refractivity (Wildman–Crippen MR) is 82.3 cm³/mol. The number of anilines is 1. The van der Waals surface area contributed by atoms with Gasteiger partial charge in [0.05, 0.1) is 21.8 Å². The zero-order valence-electron chi connectivity index (χ0n) is 11.6. The highest BCUT2D eigenvalue weighted by molar-refractivity contribution is 6.34. The fourth-order valence-electron chi connectivity index (χ4n) is 2.26. The van der Waals surface area contributed by atoms with E-state index in [-0.39, 0.29) is 17.0 Å². The number of carbonyl (C=O) groups is 3. The van der Waals surface area contributed by atoms with Crippen LogP contribution < -0.4 is 5.32 Å². The monoisotopic (exact) mass is 314 g/mol. The van der Waals surface area contributed by atoms with Crippen molar-refractivity contribution < 1.29 is 14.4 Å². The number of amides is 3. The first-order valence-electron chi connectivity index (χ1n) is 6.51. The third-order valence-corrected chi connectivity index (χ3v) is 3.80. The van der Waals surface area contributed by atoms with E-state index in [1.54, 1.807) is 24.3 Å². The summed E-state index contributed by atoms with van der Waals surface area (Å²) in [5, 5.41) is 3.09. The summed E-state index contributed by atoms with van der Waals surface area (Å²) in [6, 6.07) is 11.3. The Kier molecular flexibility index (Phi) is 3.42. The topological polar surface area (TPSA) is 66.5 Å². The minimum absolute atomic E-state index is 0.235. The van der Waals surface area contributed by atoms with Crippen LogP contribution >= 0.6 is 11.6 Å². The predicted octanol–water partition coefficient (Wildman–Crippen LogP) is 2.82. The lowest BCUT2D eigenvalue weighted by Crippen LogP contribution is -2.24. The van der Waals surface area contributed by atoms with Crippen LogP contribution in [0.15, 0.2) is 42.5 Å². The molecule has 0 radical (unpaired) electrons. The molecule has 0 unspecified atom stereocenters. The van der Waals surface area contributed by atoms with Crippen molar-refractivity contribution in [2.75, 3.05) is 12.4 Å². The van der Waals surface area contributed by atoms with Gasteiger partial charge < -0.3 is 5.32 Å². The van der Waals surface area contributed by atoms with Gasteiger partial charge in [-0.15, -0.1) is 0 Å². The van der Waals surface area contributed by atoms with Gasteiger partial charge in [-0.3, -0.25) is 19.3 Å². The molecule has 110 valence electrons. The van der Waals surface area contributed by atoms with E-state index in [1.165, 1.54) is 25.2 Å². The fraction of sp³-hybridized carbons (Fsp3) is 0.0625. The maximum atomic E-state index is 12.3. The lowest BCUT2D eigenvalue weighted by molar-refractivity contribution is 0.0693. The summed E-state index contributed by atoms with van der Waals surface area (Å²) < 4.78 is 0. The molecule has 3 rings (SSSR count). The second-order valence-electron chi connectivity index (χ2n) is 4.86. The first-order chi connectivity index (χ1) is 10.5. The van der Waals surface area contributed by atoms with Crippen LogP contribution in [0.3, 0.4) is 0 Å². The Hall–Kier alpha value is -2.66. The molecule has 1 heterocycles. The highest BCUT2D eigenvalue weighted by Gasteiger charge is 2.33. The summed E-state index contributed by atoms with van der Waals surface area (Å²) in [7, 11) is 1.41. The van der Waals surface area contributed by atoms with Crippen molar-refractivity contribution in [2.24, 2.45) is 0 Å². The maximum Gasteiger partial charge on any atom is 0.261 e. The molecule has 0 saturated heterocycles. The van der Waals surface area contributed by atoms with E-state index >= 15 is 0 Å². The highest BCUT2D eigenvalue weighted by atomic mass is 35.5. The van der Waals surface area contributed by atoms with Crippen molar-refractivity contribution in [3.05, 3.63) is 64.2 Å². The Bertz CT molecular complexity index is 817. The van der Waals surface area contributed by atoms with Crippen LogP contribution in [0.1, 0.15) is 31.1 Å². The summed E-state index contributed by atoms with van der Waals surface area (Å²) in [5.74, 6) is -1.17. The Morgan fingerprint density at radius 1 is 1.05 bits per heavy atom. The second-order valence-corrected chi connectivity index (χ2v) is 5.27. The Morgan fingerprint density at radius 2 is 1.73 bits per heavy atom. The molecule has 0 fully saturated rings. The number of carbonyl (C=O) groups excluding carboxylic acids is 3. The number of imide groups is 1. The summed E-state index contributed by atoms with van der Waals surface area (Å²) in [6.07, 6.45) is 0. The van der Waals surface area contributed by atoms with E-state index in [0.717, 1.165) is 4.90 Å². The van der Waals surface area contributed by atoms with Gasteiger partial charge in [-0.05, 0) is 30.3 Å². The first kappa shape index (κ1) is 14.3. The normalized spacial score (nSPS) is 13.3. The Balaban J connectivity index is 1.91. The maximum absolute atomic E-state index is 12.3. The van der Waals surface area contributed by atoms with Crippen molar-refractivity contribution >= 4 is 35.0 Å². The van der Waals surface area contributed by atoms with Crippen molar-refractivity contribution in [3.63, 3.8) is 0 Å². The average molecular weight is 315 g/mol. The highest BCUT2D eigenvalue weighted by Crippen LogP contribution is 2.24. The minimum Gasteiger partial charge on any atom is -0.321 e. The van der Waals surface area contributed by atoms with Crippen molar-refractivity contribution in [1.29, 1.82) is 0 Å². The molecule has 3 amide bonds. The zero-order chi connectivity index (χ0) is 15.9. The second kappa shape index (κ2) is 5.27. The van der Waals surface area contributed by atoms with Crippen LogP contribution in [0, 0.1) is 0 Å². The van der Waals surface area contributed by atoms with E-state index in [0.29, 0.717) is 16.3 Å². The molecule has 0 spiro atoms. The number of nitrogens with zero attached hydrogens (tertiary/aromatic N) is 1. The molecule has 0 bridgehead atoms. The summed E-state index contributed by atoms with van der Waals surface area (Å²) in [6.45, 7) is 0. The van der Waals surface area contributed by atoms with Crippen LogP contribution in [-0.2, 0) is 0 Å². The van der Waals surface area contributed by atoms with Gasteiger partial charge in [-0.2, -0.15) is 0 Å². The lowest BCUT2D eigenvalue weighted by Gasteiger charge is -2.07. The van der Waals surface area contributed by atoms with Crippen molar-refractivity contribution in [2.45, 2.75) is 0 Å². The number of halogens is 1. The average Bonchev–Trinajstić information content (AvgIpc) is 2.74. The smallest absolute Gasteiger partial charge is 0.261 e. The molecule has 2 aromatic carbocycles. The van der Waals surface area contributed by atoms with Crippen molar-refractivity contribution in [1.82, 2.24) is 4.90 Å². The number of benzene rings is 2. The largest absolute Gasteiger partial charge is 0.321 e. The number of fused-ring (bicyclic) bond motifs is 1. The summed E-state index contributed by atoms with van der Waals surface area (Å²) >= 11 is 5.99. The first-order valence-corrected chi connectivity index (χ1v) is 6.89. The molecular formula is C16H11ClN2O3. The molecule has 0 aromatic heterocycles. The molecule has 6 heteroatoms. The molecule has 1 N–H and O–H groups in total. The Labute approximate surface area is 131 Å². The zero-order valence-corrected chi connectivity index (χ0v) is 12.3. The van der Waals surface area contributed by atoms with E-state index in [9.17, 15) is 14.4 Å². The third-order valence-electron chi connectivity index (χ3n) is 3.47. The number of hydrogen-bond donors (Lipinski definition) is 1. The van der Waals surface area contributed by atoms with E-state index in [1.807, 2.05) is 0 Å². The minimum atomic E-state index is -0.410. The van der Waals surface area contributed by atoms with Crippen LogP contribution in [0.4, 0.5) is 5.69 Å². The molecule has 1 aliphatic rings. The van der Waals surface area contributed by atoms with Crippen LogP contribution in [0.2, 0.25) is 5.02 Å². The summed E-state index contributed by atoms with van der Waals surface area (Å²) in [5.41, 5.74) is 1.31. The van der Waals surface area contributed by atoms with Gasteiger partial charge in [0, 0.05) is 12.6 Å². The number of nitrogens with one attached hydrogen (secondary N) is 1. The quantitative estimate of drug-likeness (QED) is 0.867. The molecule has 5 nitrogen and oxygen atoms in total. The molecule has 0 atom stereocenters. The van der Waals surface area contributed by atoms with Gasteiger partial charge in [-0.1, -0.05) is 23.7 Å². The molecule has 1 aliphatic heterocycles. The van der Waals surface area contributed by atoms with Crippen molar-refractivity contribution in [3.8, 4) is 0 Å². The molecular weight excluding hydrogens is 304 g/mol. The molecule has 2 aromatic rings. The number of hydrogen-bond acceptors (Lipinski definition) is 3. The molecule has 0 aliphatic carbocycles. The van der Waals surface area contributed by atoms with Crippen LogP contribution in [-0.4, -0.2) is 29.7 Å². The Morgan fingerprint density at radius 3 is 2.45 bits per heavy atom. The van der Waals surface area contributed by atoms with E-state index in [4.69, 9.17) is 11.6 Å². The van der Waals surface area contributed by atoms with Gasteiger partial charge >= 0.3 is 0 Å². The lowest BCUT2D eigenvalue weighted by atomic mass is 10.1. The van der Waals surface area contributed by atoms with E-state index < -0.39 is 11.8 Å². The van der Waals surface area contributed by atoms with E-state index in [2.05, 4.69) is 5.32 Å². The van der Waals surface area contributed by atoms with Crippen LogP contribution in [0.25, 0.3) is 0 Å². The fourth-order valence-corrected chi connectivity index (χ4v) is 2.44. The molecule has 0 saturated carbocycles.